The molecule has 0 aromatic heterocycles. The summed E-state index contributed by atoms with van der Waals surface area (Å²) in [7, 11) is 0. The summed E-state index contributed by atoms with van der Waals surface area (Å²) >= 11 is 5.34. The van der Waals surface area contributed by atoms with E-state index < -0.39 is 0 Å². The van der Waals surface area contributed by atoms with Gasteiger partial charge in [-0.15, -0.1) is 0 Å². The average molecular weight is 297 g/mol. The highest BCUT2D eigenvalue weighted by Crippen LogP contribution is 2.31. The minimum absolute atomic E-state index is 0.114. The Labute approximate surface area is 130 Å². The first-order valence-corrected chi connectivity index (χ1v) is 7.69. The van der Waals surface area contributed by atoms with Crippen molar-refractivity contribution in [2.45, 2.75) is 31.7 Å². The van der Waals surface area contributed by atoms with Gasteiger partial charge in [0.15, 0.2) is 0 Å². The quantitative estimate of drug-likeness (QED) is 0.500. The molecule has 0 aliphatic heterocycles. The van der Waals surface area contributed by atoms with E-state index in [9.17, 15) is 0 Å². The molecule has 1 aromatic carbocycles. The van der Waals surface area contributed by atoms with Gasteiger partial charge in [0.1, 0.15) is 5.84 Å². The van der Waals surface area contributed by atoms with Gasteiger partial charge in [-0.25, -0.2) is 4.99 Å². The molecular formula is C17H19N3S. The molecule has 0 saturated carbocycles. The summed E-state index contributed by atoms with van der Waals surface area (Å²) in [6.07, 6.45) is 9.97. The number of allylic oxidation sites excluding steroid dienone is 3. The summed E-state index contributed by atoms with van der Waals surface area (Å²) in [4.78, 5) is 5.37. The van der Waals surface area contributed by atoms with Gasteiger partial charge in [-0.1, -0.05) is 36.5 Å². The smallest absolute Gasteiger partial charge is 0.132 e. The molecule has 3 rings (SSSR count). The lowest BCUT2D eigenvalue weighted by Gasteiger charge is -2.22. The molecule has 1 aromatic rings. The number of nitrogens with zero attached hydrogens (tertiary/aromatic N) is 1. The topological polar surface area (TPSA) is 64.4 Å². The van der Waals surface area contributed by atoms with Gasteiger partial charge in [-0.3, -0.25) is 0 Å². The predicted molar refractivity (Wildman–Crippen MR) is 92.0 cm³/mol. The Hall–Kier alpha value is -1.78. The number of benzene rings is 1. The third-order valence-corrected chi connectivity index (χ3v) is 4.40. The van der Waals surface area contributed by atoms with E-state index in [0.29, 0.717) is 5.84 Å². The Morgan fingerprint density at radius 3 is 3.00 bits per heavy atom. The molecule has 0 saturated heterocycles. The number of hydrogen-bond donors (Lipinski definition) is 2. The summed E-state index contributed by atoms with van der Waals surface area (Å²) in [5, 5.41) is 0. The van der Waals surface area contributed by atoms with Crippen LogP contribution in [0, 0.1) is 0 Å². The third-order valence-electron chi connectivity index (χ3n) is 4.02. The summed E-state index contributed by atoms with van der Waals surface area (Å²) in [6, 6.07) is 6.30. The number of thiocarbonyl (C=S) groups is 1. The van der Waals surface area contributed by atoms with Crippen LogP contribution in [0.2, 0.25) is 0 Å². The number of amidine groups is 1. The molecule has 0 heterocycles. The third kappa shape index (κ3) is 2.96. The maximum Gasteiger partial charge on any atom is 0.132 e. The average Bonchev–Trinajstić information content (AvgIpc) is 2.48. The lowest BCUT2D eigenvalue weighted by molar-refractivity contribution is 0.570. The standard InChI is InChI=1S/C17H19N3S/c18-15-6-3-4-11-8-9-12(10-14(11)15)20-17(19)13-5-1-2-7-16(13)21/h1-2,5,8-10,15H,3-4,6-7,18H2,(H2,19,20). The van der Waals surface area contributed by atoms with Gasteiger partial charge in [0.25, 0.3) is 0 Å². The van der Waals surface area contributed by atoms with Crippen molar-refractivity contribution in [1.82, 2.24) is 0 Å². The largest absolute Gasteiger partial charge is 0.383 e. The number of nitrogens with two attached hydrogens (primary N) is 2. The number of aliphatic imine (C=N–C) groups is 1. The molecule has 0 spiro atoms. The van der Waals surface area contributed by atoms with Crippen molar-refractivity contribution in [1.29, 1.82) is 0 Å². The number of hydrogen-bond acceptors (Lipinski definition) is 3. The van der Waals surface area contributed by atoms with Gasteiger partial charge in [0.2, 0.25) is 0 Å². The first kappa shape index (κ1) is 14.2. The lowest BCUT2D eigenvalue weighted by Crippen LogP contribution is -2.21. The van der Waals surface area contributed by atoms with Crippen molar-refractivity contribution in [3.05, 3.63) is 53.1 Å². The van der Waals surface area contributed by atoms with Gasteiger partial charge >= 0.3 is 0 Å². The van der Waals surface area contributed by atoms with Crippen molar-refractivity contribution in [3.63, 3.8) is 0 Å². The van der Waals surface area contributed by atoms with E-state index in [2.05, 4.69) is 17.1 Å². The fraction of sp³-hybridized carbons (Fsp3) is 0.294. The van der Waals surface area contributed by atoms with Crippen LogP contribution in [0.15, 0.2) is 47.0 Å². The predicted octanol–water partition coefficient (Wildman–Crippen LogP) is 3.27. The highest BCUT2D eigenvalue weighted by atomic mass is 32.1. The Kier molecular flexibility index (Phi) is 3.99. The van der Waals surface area contributed by atoms with Crippen molar-refractivity contribution in [2.24, 2.45) is 16.5 Å². The van der Waals surface area contributed by atoms with E-state index in [1.807, 2.05) is 24.3 Å². The molecule has 1 unspecified atom stereocenters. The molecule has 1 atom stereocenters. The van der Waals surface area contributed by atoms with Crippen LogP contribution in [0.5, 0.6) is 0 Å². The number of aryl methyl sites for hydroxylation is 1. The molecule has 4 heteroatoms. The van der Waals surface area contributed by atoms with Crippen LogP contribution in [-0.2, 0) is 6.42 Å². The van der Waals surface area contributed by atoms with E-state index in [0.717, 1.165) is 41.8 Å². The van der Waals surface area contributed by atoms with Crippen LogP contribution < -0.4 is 11.5 Å². The zero-order chi connectivity index (χ0) is 14.8. The minimum atomic E-state index is 0.114. The van der Waals surface area contributed by atoms with E-state index in [1.165, 1.54) is 11.1 Å². The highest BCUT2D eigenvalue weighted by Gasteiger charge is 2.17. The van der Waals surface area contributed by atoms with Crippen molar-refractivity contribution >= 4 is 28.6 Å². The minimum Gasteiger partial charge on any atom is -0.383 e. The maximum atomic E-state index is 6.19. The zero-order valence-electron chi connectivity index (χ0n) is 11.9. The summed E-state index contributed by atoms with van der Waals surface area (Å²) < 4.78 is 0. The number of fused-ring (bicyclic) bond motifs is 1. The SMILES string of the molecule is NC(=Nc1ccc2c(c1)C(N)CCC2)C1=CC=CCC1=S. The molecule has 3 nitrogen and oxygen atoms in total. The monoisotopic (exact) mass is 297 g/mol. The van der Waals surface area contributed by atoms with Crippen LogP contribution in [0.25, 0.3) is 0 Å². The van der Waals surface area contributed by atoms with E-state index in [-0.39, 0.29) is 6.04 Å². The molecule has 0 fully saturated rings. The van der Waals surface area contributed by atoms with Crippen LogP contribution in [0.3, 0.4) is 0 Å². The molecule has 0 radical (unpaired) electrons. The molecule has 4 N–H and O–H groups in total. The summed E-state index contributed by atoms with van der Waals surface area (Å²) in [6.45, 7) is 0. The molecule has 108 valence electrons. The van der Waals surface area contributed by atoms with Gasteiger partial charge in [-0.05, 0) is 42.5 Å². The van der Waals surface area contributed by atoms with Crippen LogP contribution in [0.4, 0.5) is 5.69 Å². The molecular weight excluding hydrogens is 278 g/mol. The Morgan fingerprint density at radius 2 is 2.19 bits per heavy atom. The normalized spacial score (nSPS) is 22.0. The highest BCUT2D eigenvalue weighted by molar-refractivity contribution is 7.81. The fourth-order valence-corrected chi connectivity index (χ4v) is 3.13. The van der Waals surface area contributed by atoms with E-state index in [1.54, 1.807) is 0 Å². The van der Waals surface area contributed by atoms with E-state index >= 15 is 0 Å². The van der Waals surface area contributed by atoms with Gasteiger partial charge in [0, 0.05) is 22.9 Å². The Morgan fingerprint density at radius 1 is 1.33 bits per heavy atom. The Bertz CT molecular complexity index is 671. The van der Waals surface area contributed by atoms with Gasteiger partial charge in [-0.2, -0.15) is 0 Å². The van der Waals surface area contributed by atoms with Crippen LogP contribution in [0.1, 0.15) is 36.4 Å². The van der Waals surface area contributed by atoms with Crippen molar-refractivity contribution < 1.29 is 0 Å². The molecule has 2 aliphatic rings. The first-order valence-electron chi connectivity index (χ1n) is 7.28. The molecule has 2 aliphatic carbocycles. The lowest BCUT2D eigenvalue weighted by atomic mass is 9.88. The van der Waals surface area contributed by atoms with Crippen LogP contribution in [-0.4, -0.2) is 10.7 Å². The summed E-state index contributed by atoms with van der Waals surface area (Å²) in [5.41, 5.74) is 16.5. The Balaban J connectivity index is 1.92. The molecule has 21 heavy (non-hydrogen) atoms. The molecule has 0 amide bonds. The maximum absolute atomic E-state index is 6.19. The zero-order valence-corrected chi connectivity index (χ0v) is 12.7. The summed E-state index contributed by atoms with van der Waals surface area (Å²) in [5.74, 6) is 0.480. The van der Waals surface area contributed by atoms with Gasteiger partial charge < -0.3 is 11.5 Å². The second-order valence-corrected chi connectivity index (χ2v) is 6.01. The van der Waals surface area contributed by atoms with Gasteiger partial charge in [0.05, 0.1) is 5.69 Å². The fourth-order valence-electron chi connectivity index (χ4n) is 2.86. The van der Waals surface area contributed by atoms with Crippen LogP contribution >= 0.6 is 12.2 Å². The van der Waals surface area contributed by atoms with E-state index in [4.69, 9.17) is 23.7 Å². The first-order chi connectivity index (χ1) is 10.1. The van der Waals surface area contributed by atoms with Crippen molar-refractivity contribution in [2.75, 3.05) is 0 Å². The van der Waals surface area contributed by atoms with Crippen molar-refractivity contribution in [3.8, 4) is 0 Å². The number of rotatable bonds is 2. The second kappa shape index (κ2) is 5.92. The second-order valence-electron chi connectivity index (χ2n) is 5.51. The molecule has 0 bridgehead atoms.